The van der Waals surface area contributed by atoms with Gasteiger partial charge in [-0.2, -0.15) is 0 Å². The Morgan fingerprint density at radius 2 is 1.02 bits per heavy atom. The van der Waals surface area contributed by atoms with Gasteiger partial charge in [-0.15, -0.1) is 0 Å². The molecule has 2 aliphatic heterocycles. The van der Waals surface area contributed by atoms with E-state index in [1.807, 2.05) is 6.92 Å². The molecule has 2 N–H and O–H groups in total. The molecule has 294 valence electrons. The van der Waals surface area contributed by atoms with Gasteiger partial charge >= 0.3 is 0 Å². The molecule has 2 fully saturated rings. The van der Waals surface area contributed by atoms with E-state index in [0.29, 0.717) is 39.1 Å². The van der Waals surface area contributed by atoms with E-state index in [0.717, 1.165) is 65.3 Å². The number of nitrogens with zero attached hydrogens (tertiary/aromatic N) is 3. The minimum Gasteiger partial charge on any atom is -0.396 e. The lowest BCUT2D eigenvalue weighted by Gasteiger charge is -2.38. The number of carbonyl (C=O) groups excluding carboxylic acids is 3. The van der Waals surface area contributed by atoms with Crippen molar-refractivity contribution in [1.29, 1.82) is 0 Å². The lowest BCUT2D eigenvalue weighted by molar-refractivity contribution is -0.138. The standard InChI is InChI=1S/C10H21NO2.C9H19NO2.C6H13NO2.C6H12O2.C5H10O2/c1-4-5-6-8-13-9-7-10(12)11(2)3;1-4-5-7-12-8-6-9(11)10(2)3;1-7(2)6(8)4-5-9-3;1-2-6(3-7)4-8-5-6;1-5(2-6)3-7-4-5/h4-9H2,1-3H3;4-8H2,1-3H3;4-5H2,1-3H3;7H,2-5H2,1H3;6H,2-4H2,1H3. The summed E-state index contributed by atoms with van der Waals surface area (Å²) in [5.41, 5.74) is 0.236. The summed E-state index contributed by atoms with van der Waals surface area (Å²) in [6.45, 7) is 15.0. The Morgan fingerprint density at radius 3 is 1.24 bits per heavy atom. The normalized spacial score (nSPS) is 14.6. The molecule has 13 heteroatoms. The van der Waals surface area contributed by atoms with Crippen LogP contribution in [0.5, 0.6) is 0 Å². The highest BCUT2D eigenvalue weighted by atomic mass is 16.5. The van der Waals surface area contributed by atoms with Crippen molar-refractivity contribution in [2.24, 2.45) is 10.8 Å². The van der Waals surface area contributed by atoms with Crippen molar-refractivity contribution in [2.45, 2.75) is 85.5 Å². The lowest BCUT2D eigenvalue weighted by Crippen LogP contribution is -2.44. The van der Waals surface area contributed by atoms with E-state index in [2.05, 4.69) is 20.8 Å². The zero-order chi connectivity index (χ0) is 38.1. The predicted octanol–water partition coefficient (Wildman–Crippen LogP) is 3.48. The predicted molar refractivity (Wildman–Crippen MR) is 195 cm³/mol. The van der Waals surface area contributed by atoms with Crippen molar-refractivity contribution in [1.82, 2.24) is 14.7 Å². The van der Waals surface area contributed by atoms with Crippen molar-refractivity contribution in [3.8, 4) is 0 Å². The molecule has 0 aromatic heterocycles. The van der Waals surface area contributed by atoms with Gasteiger partial charge in [0, 0.05) is 73.4 Å². The number of hydrogen-bond acceptors (Lipinski definition) is 10. The molecule has 0 unspecified atom stereocenters. The minimum absolute atomic E-state index is 0.0972. The van der Waals surface area contributed by atoms with Crippen molar-refractivity contribution < 1.29 is 48.3 Å². The van der Waals surface area contributed by atoms with Gasteiger partial charge in [0.15, 0.2) is 0 Å². The average Bonchev–Trinajstić information content (AvgIpc) is 3.04. The van der Waals surface area contributed by atoms with E-state index in [-0.39, 0.29) is 41.8 Å². The van der Waals surface area contributed by atoms with Crippen LogP contribution in [0.15, 0.2) is 0 Å². The van der Waals surface area contributed by atoms with Gasteiger partial charge in [0.1, 0.15) is 0 Å². The lowest BCUT2D eigenvalue weighted by atomic mass is 9.84. The van der Waals surface area contributed by atoms with Crippen LogP contribution >= 0.6 is 0 Å². The second-order valence-electron chi connectivity index (χ2n) is 13.4. The molecule has 2 aliphatic rings. The number of rotatable bonds is 19. The van der Waals surface area contributed by atoms with Crippen LogP contribution in [-0.4, -0.2) is 165 Å². The Morgan fingerprint density at radius 1 is 0.612 bits per heavy atom. The minimum atomic E-state index is 0.0972. The molecule has 0 aromatic carbocycles. The second-order valence-corrected chi connectivity index (χ2v) is 13.4. The smallest absolute Gasteiger partial charge is 0.224 e. The maximum Gasteiger partial charge on any atom is 0.224 e. The first-order valence-electron chi connectivity index (χ1n) is 17.8. The number of ether oxygens (including phenoxy) is 5. The fourth-order valence-corrected chi connectivity index (χ4v) is 3.42. The van der Waals surface area contributed by atoms with Crippen LogP contribution in [0.1, 0.15) is 85.5 Å². The Labute approximate surface area is 298 Å². The number of carbonyl (C=O) groups is 3. The van der Waals surface area contributed by atoms with Crippen LogP contribution in [0.25, 0.3) is 0 Å². The molecule has 2 heterocycles. The molecule has 0 atom stereocenters. The Hall–Kier alpha value is -1.87. The summed E-state index contributed by atoms with van der Waals surface area (Å²) in [7, 11) is 12.1. The van der Waals surface area contributed by atoms with Crippen LogP contribution < -0.4 is 0 Å². The van der Waals surface area contributed by atoms with E-state index in [4.69, 9.17) is 33.9 Å². The molecule has 13 nitrogen and oxygen atoms in total. The monoisotopic (exact) mass is 710 g/mol. The summed E-state index contributed by atoms with van der Waals surface area (Å²) in [5.74, 6) is 0.374. The summed E-state index contributed by atoms with van der Waals surface area (Å²) in [6, 6.07) is 0. The highest BCUT2D eigenvalue weighted by molar-refractivity contribution is 5.76. The number of aliphatic hydroxyl groups excluding tert-OH is 2. The van der Waals surface area contributed by atoms with Gasteiger partial charge in [0.05, 0.1) is 78.7 Å². The molecule has 0 aromatic rings. The summed E-state index contributed by atoms with van der Waals surface area (Å²) in [5, 5.41) is 17.3. The quantitative estimate of drug-likeness (QED) is 0.191. The first kappa shape index (κ1) is 51.5. The van der Waals surface area contributed by atoms with Gasteiger partial charge < -0.3 is 48.6 Å². The average molecular weight is 710 g/mol. The van der Waals surface area contributed by atoms with Gasteiger partial charge in [-0.05, 0) is 19.3 Å². The number of methoxy groups -OCH3 is 1. The van der Waals surface area contributed by atoms with E-state index >= 15 is 0 Å². The fourth-order valence-electron chi connectivity index (χ4n) is 3.42. The zero-order valence-electron chi connectivity index (χ0n) is 33.1. The number of unbranched alkanes of at least 4 members (excludes halogenated alkanes) is 3. The molecule has 3 amide bonds. The van der Waals surface area contributed by atoms with Gasteiger partial charge in [-0.1, -0.05) is 47.0 Å². The van der Waals surface area contributed by atoms with E-state index < -0.39 is 0 Å². The maximum absolute atomic E-state index is 11.1. The molecule has 0 spiro atoms. The third-order valence-electron chi connectivity index (χ3n) is 7.66. The summed E-state index contributed by atoms with van der Waals surface area (Å²) >= 11 is 0. The van der Waals surface area contributed by atoms with Gasteiger partial charge in [-0.25, -0.2) is 0 Å². The highest BCUT2D eigenvalue weighted by Gasteiger charge is 2.35. The van der Waals surface area contributed by atoms with Gasteiger partial charge in [-0.3, -0.25) is 14.4 Å². The topological polar surface area (TPSA) is 148 Å². The molecule has 0 aliphatic carbocycles. The molecule has 0 radical (unpaired) electrons. The number of aliphatic hydroxyl groups is 2. The van der Waals surface area contributed by atoms with Crippen LogP contribution in [0, 0.1) is 10.8 Å². The first-order chi connectivity index (χ1) is 23.1. The van der Waals surface area contributed by atoms with Gasteiger partial charge in [0.25, 0.3) is 0 Å². The second kappa shape index (κ2) is 33.3. The third-order valence-corrected chi connectivity index (χ3v) is 7.66. The van der Waals surface area contributed by atoms with Crippen LogP contribution in [0.2, 0.25) is 0 Å². The highest BCUT2D eigenvalue weighted by Crippen LogP contribution is 2.29. The fraction of sp³-hybridized carbons (Fsp3) is 0.917. The summed E-state index contributed by atoms with van der Waals surface area (Å²) in [4.78, 5) is 37.6. The SMILES string of the molecule is CC1(CO)COC1.CCC1(CO)COC1.CCCCCOCCC(=O)N(C)C.CCCCOCCC(=O)N(C)C.COCCC(=O)N(C)C. The third kappa shape index (κ3) is 30.7. The zero-order valence-corrected chi connectivity index (χ0v) is 33.1. The van der Waals surface area contributed by atoms with Gasteiger partial charge in [0.2, 0.25) is 17.7 Å². The van der Waals surface area contributed by atoms with E-state index in [1.165, 1.54) is 12.8 Å². The summed E-state index contributed by atoms with van der Waals surface area (Å²) < 4.78 is 25.1. The van der Waals surface area contributed by atoms with Crippen molar-refractivity contribution in [3.63, 3.8) is 0 Å². The van der Waals surface area contributed by atoms with Crippen LogP contribution in [0.4, 0.5) is 0 Å². The number of hydrogen-bond donors (Lipinski definition) is 2. The van der Waals surface area contributed by atoms with E-state index in [9.17, 15) is 14.4 Å². The summed E-state index contributed by atoms with van der Waals surface area (Å²) in [6.07, 6.45) is 8.24. The molecular weight excluding hydrogens is 634 g/mol. The van der Waals surface area contributed by atoms with Crippen molar-refractivity contribution >= 4 is 17.7 Å². The number of amides is 3. The Balaban J connectivity index is -0.000000549. The molecule has 49 heavy (non-hydrogen) atoms. The molecule has 2 saturated heterocycles. The molecule has 2 rings (SSSR count). The van der Waals surface area contributed by atoms with Crippen LogP contribution in [-0.2, 0) is 38.1 Å². The first-order valence-corrected chi connectivity index (χ1v) is 17.8. The molecule has 0 saturated carbocycles. The van der Waals surface area contributed by atoms with Crippen molar-refractivity contribution in [2.75, 3.05) is 122 Å². The molecule has 0 bridgehead atoms. The Kier molecular flexibility index (Phi) is 35.0. The Bertz CT molecular complexity index is 770. The van der Waals surface area contributed by atoms with E-state index in [1.54, 1.807) is 64.1 Å². The largest absolute Gasteiger partial charge is 0.396 e. The van der Waals surface area contributed by atoms with Crippen LogP contribution in [0.3, 0.4) is 0 Å². The van der Waals surface area contributed by atoms with Crippen molar-refractivity contribution in [3.05, 3.63) is 0 Å². The molecular formula is C36H75N3O10. The maximum atomic E-state index is 11.1.